The molecule has 0 spiro atoms. The first kappa shape index (κ1) is 74.7. The van der Waals surface area contributed by atoms with Gasteiger partial charge in [-0.25, -0.2) is 0 Å². The van der Waals surface area contributed by atoms with Crippen LogP contribution in [0.15, 0.2) is 393 Å². The minimum absolute atomic E-state index is 0.00991. The molecule has 4 heteroatoms. The topological polar surface area (TPSA) is 11.4 Å². The number of nitrogens with zero attached hydrogens (tertiary/aromatic N) is 3. The summed E-state index contributed by atoms with van der Waals surface area (Å²) in [6.07, 6.45) is 1.02. The average Bonchev–Trinajstić information content (AvgIpc) is 1.48. The SMILES string of the molecule is CC1(C)c2ccccc2-c2cc3c(cc21)Cc1cc2c4ccccc4c4ccccc4c2cc1-3.CC1(C)c2ccccc2-c2ccc(N(c3ccccc3)c3ccc(-n4c5cc6c(cc5c5cc7c8ccccc8c8ccccc8c7cc54)-c4ccccc4C6(C)C)cc3)cc21.CC1(C)c2ccccc2-c2ccc(N(c3ccccc3)c3ccc(Br)cc3)cc21. The Morgan fingerprint density at radius 3 is 0.936 bits per heavy atom. The molecule has 1 aromatic heterocycles. The van der Waals surface area contributed by atoms with Gasteiger partial charge in [-0.3, -0.25) is 0 Å². The molecule has 5 aliphatic carbocycles. The van der Waals surface area contributed by atoms with Crippen molar-refractivity contribution in [1.82, 2.24) is 4.57 Å². The van der Waals surface area contributed by atoms with Crippen LogP contribution >= 0.6 is 15.9 Å². The number of halogens is 1. The third-order valence-electron chi connectivity index (χ3n) is 28.9. The zero-order chi connectivity index (χ0) is 84.1. The van der Waals surface area contributed by atoms with Gasteiger partial charge in [-0.2, -0.15) is 0 Å². The second-order valence-corrected chi connectivity index (χ2v) is 38.0. The fourth-order valence-electron chi connectivity index (χ4n) is 22.7. The molecule has 20 aromatic carbocycles. The summed E-state index contributed by atoms with van der Waals surface area (Å²) < 4.78 is 3.61. The van der Waals surface area contributed by atoms with Gasteiger partial charge in [0, 0.05) is 76.7 Å². The van der Waals surface area contributed by atoms with Gasteiger partial charge in [0.2, 0.25) is 0 Å². The zero-order valence-corrected chi connectivity index (χ0v) is 73.0. The first-order chi connectivity index (χ1) is 60.9. The van der Waals surface area contributed by atoms with Crippen molar-refractivity contribution in [2.75, 3.05) is 9.80 Å². The van der Waals surface area contributed by atoms with E-state index in [2.05, 4.69) is 474 Å². The number of hydrogen-bond acceptors (Lipinski definition) is 2. The molecule has 0 amide bonds. The third-order valence-corrected chi connectivity index (χ3v) is 29.4. The van der Waals surface area contributed by atoms with E-state index in [1.807, 2.05) is 0 Å². The molecule has 26 rings (SSSR count). The van der Waals surface area contributed by atoms with Gasteiger partial charge in [0.15, 0.2) is 0 Å². The van der Waals surface area contributed by atoms with Crippen LogP contribution in [0.4, 0.5) is 34.1 Å². The molecule has 0 radical (unpaired) electrons. The third kappa shape index (κ3) is 11.3. The van der Waals surface area contributed by atoms with Crippen molar-refractivity contribution >= 4 is 136 Å². The lowest BCUT2D eigenvalue weighted by Crippen LogP contribution is -2.16. The predicted octanol–water partition coefficient (Wildman–Crippen LogP) is 33.6. The van der Waals surface area contributed by atoms with Crippen LogP contribution < -0.4 is 9.80 Å². The Hall–Kier alpha value is -14.2. The number of para-hydroxylation sites is 2. The summed E-state index contributed by atoms with van der Waals surface area (Å²) in [7, 11) is 0. The second kappa shape index (κ2) is 27.9. The fourth-order valence-corrected chi connectivity index (χ4v) is 23.0. The van der Waals surface area contributed by atoms with Gasteiger partial charge in [-0.1, -0.05) is 320 Å². The molecule has 125 heavy (non-hydrogen) atoms. The summed E-state index contributed by atoms with van der Waals surface area (Å²) in [6, 6.07) is 144. The van der Waals surface area contributed by atoms with Gasteiger partial charge in [0.05, 0.1) is 11.0 Å². The average molecular weight is 1670 g/mol. The molecule has 0 bridgehead atoms. The highest BCUT2D eigenvalue weighted by molar-refractivity contribution is 9.10. The Labute approximate surface area is 738 Å². The van der Waals surface area contributed by atoms with Gasteiger partial charge < -0.3 is 14.4 Å². The highest BCUT2D eigenvalue weighted by atomic mass is 79.9. The van der Waals surface area contributed by atoms with E-state index < -0.39 is 0 Å². The molecule has 0 aliphatic heterocycles. The molecule has 596 valence electrons. The van der Waals surface area contributed by atoms with Gasteiger partial charge in [-0.05, 0) is 322 Å². The van der Waals surface area contributed by atoms with Crippen LogP contribution in [-0.4, -0.2) is 4.57 Å². The smallest absolute Gasteiger partial charge is 0.0547 e. The van der Waals surface area contributed by atoms with Gasteiger partial charge in [-0.15, -0.1) is 0 Å². The normalized spacial score (nSPS) is 14.3. The van der Waals surface area contributed by atoms with E-state index in [0.717, 1.165) is 45.0 Å². The van der Waals surface area contributed by atoms with Crippen LogP contribution in [0.5, 0.6) is 0 Å². The van der Waals surface area contributed by atoms with Crippen LogP contribution in [0.25, 0.3) is 148 Å². The molecule has 0 unspecified atom stereocenters. The lowest BCUT2D eigenvalue weighted by atomic mass is 9.81. The number of anilines is 6. The van der Waals surface area contributed by atoms with E-state index in [0.29, 0.717) is 0 Å². The fraction of sp³-hybridized carbons (Fsp3) is 0.107. The standard InChI is InChI=1S/C60H44N2.C34H24.C27H22BrN/c1-59(2)53-24-14-12-22-45(53)47-31-30-40(32-55(47)59)61(37-16-6-5-7-17-37)38-26-28-39(29-27-38)62-57-35-49-44-21-11-9-19-42(44)41-18-8-10-20-43(41)48(49)33-51(57)52-34-50-46-23-13-15-25-54(46)60(3,4)56(50)36-58(52)62;1-34(2)32-14-8-7-13-26(32)31-19-28-21(17-33(31)34)15-20-16-29-24-11-5-3-9-22(24)23-10-4-6-12-25(23)30(29)18-27(20)28;1-27(2)25-11-7-6-10-23(25)24-17-16-22(18-26(24)27)29(20-8-4-3-5-9-20)21-14-12-19(28)13-15-21/h5-36H,1-4H3;3-14,16-19H,15H2,1-2H3;3-18H,1-2H3. The molecule has 0 N–H and O–H groups in total. The summed E-state index contributed by atoms with van der Waals surface area (Å²) in [5, 5.41) is 18.4. The molecule has 3 nitrogen and oxygen atoms in total. The number of fused-ring (bicyclic) bond motifs is 30. The predicted molar refractivity (Wildman–Crippen MR) is 534 cm³/mol. The van der Waals surface area contributed by atoms with Gasteiger partial charge >= 0.3 is 0 Å². The van der Waals surface area contributed by atoms with Crippen molar-refractivity contribution in [3.63, 3.8) is 0 Å². The first-order valence-corrected chi connectivity index (χ1v) is 44.9. The molecule has 0 saturated carbocycles. The highest BCUT2D eigenvalue weighted by Crippen LogP contribution is 2.58. The molecule has 0 atom stereocenters. The second-order valence-electron chi connectivity index (χ2n) is 37.1. The summed E-state index contributed by atoms with van der Waals surface area (Å²) in [4.78, 5) is 4.73. The molecule has 0 fully saturated rings. The van der Waals surface area contributed by atoms with Crippen molar-refractivity contribution in [2.24, 2.45) is 0 Å². The summed E-state index contributed by atoms with van der Waals surface area (Å²) in [6.45, 7) is 18.9. The molecule has 0 saturated heterocycles. The number of benzene rings is 20. The molecule has 21 aromatic rings. The van der Waals surface area contributed by atoms with Crippen LogP contribution in [0, 0.1) is 0 Å². The summed E-state index contributed by atoms with van der Waals surface area (Å²) >= 11 is 3.56. The van der Waals surface area contributed by atoms with Crippen LogP contribution in [-0.2, 0) is 28.1 Å². The van der Waals surface area contributed by atoms with E-state index in [1.54, 1.807) is 0 Å². The lowest BCUT2D eigenvalue weighted by Gasteiger charge is -2.28. The number of hydrogen-bond donors (Lipinski definition) is 0. The van der Waals surface area contributed by atoms with E-state index in [1.165, 1.54) is 203 Å². The van der Waals surface area contributed by atoms with Crippen molar-refractivity contribution in [3.8, 4) is 61.3 Å². The Balaban J connectivity index is 0.000000117. The molecular weight excluding hydrogens is 1580 g/mol. The van der Waals surface area contributed by atoms with E-state index in [4.69, 9.17) is 0 Å². The molecule has 1 heterocycles. The van der Waals surface area contributed by atoms with E-state index in [-0.39, 0.29) is 21.7 Å². The zero-order valence-electron chi connectivity index (χ0n) is 71.4. The first-order valence-electron chi connectivity index (χ1n) is 44.1. The summed E-state index contributed by atoms with van der Waals surface area (Å²) in [5.74, 6) is 0. The van der Waals surface area contributed by atoms with E-state index >= 15 is 0 Å². The maximum absolute atomic E-state index is 3.56. The van der Waals surface area contributed by atoms with Crippen molar-refractivity contribution in [3.05, 3.63) is 448 Å². The maximum Gasteiger partial charge on any atom is 0.0547 e. The van der Waals surface area contributed by atoms with Gasteiger partial charge in [0.1, 0.15) is 0 Å². The van der Waals surface area contributed by atoms with Crippen molar-refractivity contribution in [1.29, 1.82) is 0 Å². The maximum atomic E-state index is 3.56. The van der Waals surface area contributed by atoms with E-state index in [9.17, 15) is 0 Å². The minimum Gasteiger partial charge on any atom is -0.310 e. The monoisotopic (exact) mass is 1660 g/mol. The van der Waals surface area contributed by atoms with Crippen LogP contribution in [0.3, 0.4) is 0 Å². The Morgan fingerprint density at radius 2 is 0.488 bits per heavy atom. The van der Waals surface area contributed by atoms with Gasteiger partial charge in [0.25, 0.3) is 0 Å². The van der Waals surface area contributed by atoms with Crippen LogP contribution in [0.1, 0.15) is 111 Å². The molecular formula is C121H90BrN3. The molecule has 5 aliphatic rings. The number of aromatic nitrogens is 1. The Morgan fingerprint density at radius 1 is 0.200 bits per heavy atom. The lowest BCUT2D eigenvalue weighted by molar-refractivity contribution is 0.659. The Kier molecular flexibility index (Phi) is 16.7. The minimum atomic E-state index is -0.121. The number of rotatable bonds is 7. The quantitative estimate of drug-likeness (QED) is 0.147. The Bertz CT molecular complexity index is 8120. The van der Waals surface area contributed by atoms with Crippen molar-refractivity contribution in [2.45, 2.75) is 83.5 Å². The highest BCUT2D eigenvalue weighted by Gasteiger charge is 2.41. The van der Waals surface area contributed by atoms with Crippen molar-refractivity contribution < 1.29 is 0 Å². The summed E-state index contributed by atoms with van der Waals surface area (Å²) in [5.41, 5.74) is 38.2. The largest absolute Gasteiger partial charge is 0.310 e. The van der Waals surface area contributed by atoms with Crippen LogP contribution in [0.2, 0.25) is 0 Å².